The Morgan fingerprint density at radius 3 is 2.65 bits per heavy atom. The first-order valence-corrected chi connectivity index (χ1v) is 6.63. The standard InChI is InChI=1S/C16H16O4/c1-16(2)8-7-10-13(17)9-5-4-6-11(19-3)12(9)14(18)15(10)20-16/h4-6H,7-8H2,1-3H3. The van der Waals surface area contributed by atoms with Gasteiger partial charge in [0.05, 0.1) is 12.7 Å². The van der Waals surface area contributed by atoms with E-state index in [1.165, 1.54) is 7.11 Å². The van der Waals surface area contributed by atoms with Gasteiger partial charge in [0.2, 0.25) is 5.78 Å². The Bertz CT molecular complexity index is 652. The average molecular weight is 272 g/mol. The van der Waals surface area contributed by atoms with Crippen LogP contribution in [0.4, 0.5) is 0 Å². The summed E-state index contributed by atoms with van der Waals surface area (Å²) in [6, 6.07) is 5.08. The Morgan fingerprint density at radius 2 is 1.95 bits per heavy atom. The lowest BCUT2D eigenvalue weighted by Crippen LogP contribution is -2.36. The Balaban J connectivity index is 2.19. The lowest BCUT2D eigenvalue weighted by molar-refractivity contribution is 0.0101. The summed E-state index contributed by atoms with van der Waals surface area (Å²) >= 11 is 0. The van der Waals surface area contributed by atoms with Crippen molar-refractivity contribution in [2.24, 2.45) is 0 Å². The van der Waals surface area contributed by atoms with E-state index in [0.717, 1.165) is 6.42 Å². The number of ether oxygens (including phenoxy) is 2. The van der Waals surface area contributed by atoms with E-state index in [9.17, 15) is 9.59 Å². The molecule has 4 heteroatoms. The number of rotatable bonds is 1. The molecule has 3 rings (SSSR count). The summed E-state index contributed by atoms with van der Waals surface area (Å²) in [6.45, 7) is 3.85. The molecule has 1 aliphatic heterocycles. The maximum absolute atomic E-state index is 12.6. The number of carbonyl (C=O) groups is 2. The normalized spacial score (nSPS) is 20.1. The van der Waals surface area contributed by atoms with Crippen LogP contribution >= 0.6 is 0 Å². The molecule has 0 saturated carbocycles. The Hall–Kier alpha value is -2.10. The number of Topliss-reactive ketones (excluding diaryl/α,β-unsaturated/α-hetero) is 2. The van der Waals surface area contributed by atoms with Crippen LogP contribution in [-0.4, -0.2) is 24.3 Å². The minimum Gasteiger partial charge on any atom is -0.496 e. The van der Waals surface area contributed by atoms with Gasteiger partial charge < -0.3 is 9.47 Å². The van der Waals surface area contributed by atoms with Crippen molar-refractivity contribution in [1.82, 2.24) is 0 Å². The second kappa shape index (κ2) is 4.20. The van der Waals surface area contributed by atoms with E-state index < -0.39 is 5.60 Å². The first-order chi connectivity index (χ1) is 9.44. The van der Waals surface area contributed by atoms with Crippen LogP contribution in [0.15, 0.2) is 29.5 Å². The first-order valence-electron chi connectivity index (χ1n) is 6.63. The van der Waals surface area contributed by atoms with Crippen molar-refractivity contribution in [1.29, 1.82) is 0 Å². The highest BCUT2D eigenvalue weighted by Gasteiger charge is 2.41. The smallest absolute Gasteiger partial charge is 0.232 e. The SMILES string of the molecule is COc1cccc2c1C(=O)C1=C(CCC(C)(C)O1)C2=O. The highest BCUT2D eigenvalue weighted by atomic mass is 16.5. The van der Waals surface area contributed by atoms with Crippen LogP contribution in [0.1, 0.15) is 47.4 Å². The van der Waals surface area contributed by atoms with Crippen LogP contribution < -0.4 is 4.74 Å². The van der Waals surface area contributed by atoms with E-state index in [2.05, 4.69) is 0 Å². The molecule has 0 spiro atoms. The van der Waals surface area contributed by atoms with Gasteiger partial charge in [0.25, 0.3) is 0 Å². The van der Waals surface area contributed by atoms with E-state index in [1.54, 1.807) is 18.2 Å². The molecule has 2 aliphatic rings. The van der Waals surface area contributed by atoms with E-state index in [0.29, 0.717) is 28.9 Å². The largest absolute Gasteiger partial charge is 0.496 e. The monoisotopic (exact) mass is 272 g/mol. The first kappa shape index (κ1) is 12.9. The molecule has 0 bridgehead atoms. The quantitative estimate of drug-likeness (QED) is 0.788. The molecule has 0 fully saturated rings. The third-order valence-corrected chi connectivity index (χ3v) is 3.83. The van der Waals surface area contributed by atoms with Gasteiger partial charge in [-0.1, -0.05) is 12.1 Å². The number of hydrogen-bond donors (Lipinski definition) is 0. The third kappa shape index (κ3) is 1.75. The predicted octanol–water partition coefficient (Wildman–Crippen LogP) is 2.92. The fraction of sp³-hybridized carbons (Fsp3) is 0.375. The molecule has 0 saturated heterocycles. The Labute approximate surface area is 117 Å². The number of hydrogen-bond acceptors (Lipinski definition) is 4. The van der Waals surface area contributed by atoms with Gasteiger partial charge in [-0.2, -0.15) is 0 Å². The maximum Gasteiger partial charge on any atom is 0.232 e. The van der Waals surface area contributed by atoms with Crippen LogP contribution in [0.3, 0.4) is 0 Å². The van der Waals surface area contributed by atoms with Crippen LogP contribution in [0.25, 0.3) is 0 Å². The summed E-state index contributed by atoms with van der Waals surface area (Å²) in [4.78, 5) is 25.2. The molecular formula is C16H16O4. The van der Waals surface area contributed by atoms with Crippen molar-refractivity contribution in [3.63, 3.8) is 0 Å². The van der Waals surface area contributed by atoms with Crippen LogP contribution in [0.2, 0.25) is 0 Å². The number of allylic oxidation sites excluding steroid dienone is 2. The number of methoxy groups -OCH3 is 1. The lowest BCUT2D eigenvalue weighted by atomic mass is 9.82. The molecule has 0 aromatic heterocycles. The molecule has 1 aromatic rings. The topological polar surface area (TPSA) is 52.6 Å². The van der Waals surface area contributed by atoms with Crippen LogP contribution in [-0.2, 0) is 4.74 Å². The van der Waals surface area contributed by atoms with Gasteiger partial charge in [-0.25, -0.2) is 0 Å². The molecule has 20 heavy (non-hydrogen) atoms. The van der Waals surface area contributed by atoms with Gasteiger partial charge in [-0.15, -0.1) is 0 Å². The summed E-state index contributed by atoms with van der Waals surface area (Å²) in [5.41, 5.74) is 0.803. The highest BCUT2D eigenvalue weighted by Crippen LogP contribution is 2.40. The molecule has 1 heterocycles. The minimum absolute atomic E-state index is 0.121. The van der Waals surface area contributed by atoms with E-state index >= 15 is 0 Å². The summed E-state index contributed by atoms with van der Waals surface area (Å²) in [5, 5.41) is 0. The van der Waals surface area contributed by atoms with Gasteiger partial charge in [0, 0.05) is 11.1 Å². The van der Waals surface area contributed by atoms with Crippen molar-refractivity contribution in [2.45, 2.75) is 32.3 Å². The lowest BCUT2D eigenvalue weighted by Gasteiger charge is -2.35. The number of fused-ring (bicyclic) bond motifs is 1. The van der Waals surface area contributed by atoms with Crippen molar-refractivity contribution in [3.05, 3.63) is 40.7 Å². The number of carbonyl (C=O) groups excluding carboxylic acids is 2. The van der Waals surface area contributed by atoms with E-state index in [4.69, 9.17) is 9.47 Å². The summed E-state index contributed by atoms with van der Waals surface area (Å²) < 4.78 is 11.0. The Morgan fingerprint density at radius 1 is 1.20 bits per heavy atom. The van der Waals surface area contributed by atoms with Crippen molar-refractivity contribution >= 4 is 11.6 Å². The van der Waals surface area contributed by atoms with Gasteiger partial charge in [0.1, 0.15) is 11.4 Å². The molecule has 1 aromatic carbocycles. The number of benzene rings is 1. The second-order valence-corrected chi connectivity index (χ2v) is 5.71. The van der Waals surface area contributed by atoms with Crippen LogP contribution in [0.5, 0.6) is 5.75 Å². The van der Waals surface area contributed by atoms with Crippen molar-refractivity contribution < 1.29 is 19.1 Å². The van der Waals surface area contributed by atoms with Crippen molar-refractivity contribution in [3.8, 4) is 5.75 Å². The van der Waals surface area contributed by atoms with Gasteiger partial charge in [-0.3, -0.25) is 9.59 Å². The van der Waals surface area contributed by atoms with Crippen LogP contribution in [0, 0.1) is 0 Å². The average Bonchev–Trinajstić information content (AvgIpc) is 2.43. The summed E-state index contributed by atoms with van der Waals surface area (Å²) in [7, 11) is 1.49. The van der Waals surface area contributed by atoms with Gasteiger partial charge in [0.15, 0.2) is 11.5 Å². The van der Waals surface area contributed by atoms with E-state index in [1.807, 2.05) is 13.8 Å². The molecule has 0 unspecified atom stereocenters. The molecule has 0 N–H and O–H groups in total. The molecular weight excluding hydrogens is 256 g/mol. The summed E-state index contributed by atoms with van der Waals surface area (Å²) in [5.74, 6) is 0.242. The number of ketones is 2. The van der Waals surface area contributed by atoms with Crippen molar-refractivity contribution in [2.75, 3.05) is 7.11 Å². The zero-order chi connectivity index (χ0) is 14.5. The molecule has 0 atom stereocenters. The predicted molar refractivity (Wildman–Crippen MR) is 73.1 cm³/mol. The maximum atomic E-state index is 12.6. The van der Waals surface area contributed by atoms with E-state index in [-0.39, 0.29) is 17.3 Å². The van der Waals surface area contributed by atoms with Gasteiger partial charge in [-0.05, 0) is 32.8 Å². The zero-order valence-corrected chi connectivity index (χ0v) is 11.8. The molecule has 1 aliphatic carbocycles. The third-order valence-electron chi connectivity index (χ3n) is 3.83. The molecule has 0 amide bonds. The molecule has 104 valence electrons. The molecule has 4 nitrogen and oxygen atoms in total. The molecule has 0 radical (unpaired) electrons. The minimum atomic E-state index is -0.422. The fourth-order valence-electron chi connectivity index (χ4n) is 2.73. The zero-order valence-electron chi connectivity index (χ0n) is 11.8. The highest BCUT2D eigenvalue weighted by molar-refractivity contribution is 6.27. The Kier molecular flexibility index (Phi) is 2.71. The summed E-state index contributed by atoms with van der Waals surface area (Å²) in [6.07, 6.45) is 1.30. The van der Waals surface area contributed by atoms with Gasteiger partial charge >= 0.3 is 0 Å². The fourth-order valence-corrected chi connectivity index (χ4v) is 2.73. The second-order valence-electron chi connectivity index (χ2n) is 5.71.